The number of piperidine rings is 1. The fourth-order valence-electron chi connectivity index (χ4n) is 2.68. The number of hydrogen-bond donors (Lipinski definition) is 1. The Kier molecular flexibility index (Phi) is 4.24. The first-order valence-electron chi connectivity index (χ1n) is 6.94. The van der Waals surface area contributed by atoms with Crippen molar-refractivity contribution in [2.24, 2.45) is 7.05 Å². The molecule has 5 heteroatoms. The van der Waals surface area contributed by atoms with Gasteiger partial charge in [0.15, 0.2) is 0 Å². The molecule has 0 spiro atoms. The number of amides is 1. The van der Waals surface area contributed by atoms with Crippen molar-refractivity contribution in [3.63, 3.8) is 0 Å². The minimum absolute atomic E-state index is 0.189. The Morgan fingerprint density at radius 1 is 1.37 bits per heavy atom. The van der Waals surface area contributed by atoms with Gasteiger partial charge in [-0.1, -0.05) is 0 Å². The lowest BCUT2D eigenvalue weighted by Crippen LogP contribution is -2.40. The first-order chi connectivity index (χ1) is 8.99. The average molecular weight is 265 g/mol. The second kappa shape index (κ2) is 5.74. The van der Waals surface area contributed by atoms with Gasteiger partial charge in [-0.25, -0.2) is 0 Å². The molecule has 19 heavy (non-hydrogen) atoms. The Hall–Kier alpha value is -1.36. The van der Waals surface area contributed by atoms with E-state index in [-0.39, 0.29) is 12.0 Å². The van der Waals surface area contributed by atoms with Crippen molar-refractivity contribution >= 4 is 5.91 Å². The zero-order valence-electron chi connectivity index (χ0n) is 12.0. The van der Waals surface area contributed by atoms with Gasteiger partial charge in [0.2, 0.25) is 5.91 Å². The van der Waals surface area contributed by atoms with Gasteiger partial charge in [0.25, 0.3) is 0 Å². The van der Waals surface area contributed by atoms with Crippen molar-refractivity contribution in [1.29, 1.82) is 0 Å². The predicted molar refractivity (Wildman–Crippen MR) is 72.8 cm³/mol. The summed E-state index contributed by atoms with van der Waals surface area (Å²) in [5.74, 6) is 0.189. The van der Waals surface area contributed by atoms with E-state index in [1.54, 1.807) is 0 Å². The summed E-state index contributed by atoms with van der Waals surface area (Å²) >= 11 is 0. The van der Waals surface area contributed by atoms with Crippen LogP contribution in [0.1, 0.15) is 36.2 Å². The highest BCUT2D eigenvalue weighted by atomic mass is 16.3. The van der Waals surface area contributed by atoms with Crippen molar-refractivity contribution in [2.45, 2.75) is 45.6 Å². The molecule has 1 saturated heterocycles. The molecule has 2 rings (SSSR count). The maximum atomic E-state index is 12.1. The lowest BCUT2D eigenvalue weighted by Gasteiger charge is -2.29. The van der Waals surface area contributed by atoms with Crippen LogP contribution in [0.15, 0.2) is 0 Å². The monoisotopic (exact) mass is 265 g/mol. The molecule has 0 aliphatic carbocycles. The third-order valence-corrected chi connectivity index (χ3v) is 4.06. The van der Waals surface area contributed by atoms with Crippen LogP contribution in [-0.4, -0.2) is 44.9 Å². The number of aliphatic hydroxyl groups excluding tert-OH is 1. The van der Waals surface area contributed by atoms with Crippen LogP contribution in [0.25, 0.3) is 0 Å². The summed E-state index contributed by atoms with van der Waals surface area (Å²) in [5, 5.41) is 13.8. The molecule has 1 fully saturated rings. The van der Waals surface area contributed by atoms with Crippen molar-refractivity contribution in [1.82, 2.24) is 14.7 Å². The lowest BCUT2D eigenvalue weighted by atomic mass is 10.0. The second-order valence-corrected chi connectivity index (χ2v) is 5.38. The Labute approximate surface area is 114 Å². The number of carbonyl (C=O) groups is 1. The van der Waals surface area contributed by atoms with E-state index in [4.69, 9.17) is 0 Å². The zero-order valence-corrected chi connectivity index (χ0v) is 12.0. The van der Waals surface area contributed by atoms with Crippen LogP contribution in [0.2, 0.25) is 0 Å². The number of carbonyl (C=O) groups excluding carboxylic acids is 1. The molecule has 1 amide bonds. The first-order valence-corrected chi connectivity index (χ1v) is 6.94. The number of rotatable bonds is 3. The number of aromatic nitrogens is 2. The van der Waals surface area contributed by atoms with Crippen LogP contribution in [0, 0.1) is 13.8 Å². The molecule has 1 aliphatic rings. The van der Waals surface area contributed by atoms with Crippen LogP contribution < -0.4 is 0 Å². The summed E-state index contributed by atoms with van der Waals surface area (Å²) < 4.78 is 1.87. The molecule has 1 aliphatic heterocycles. The van der Waals surface area contributed by atoms with Gasteiger partial charge in [-0.05, 0) is 38.7 Å². The van der Waals surface area contributed by atoms with Crippen LogP contribution >= 0.6 is 0 Å². The van der Waals surface area contributed by atoms with Gasteiger partial charge in [0.1, 0.15) is 0 Å². The molecule has 1 N–H and O–H groups in total. The summed E-state index contributed by atoms with van der Waals surface area (Å²) in [6.45, 7) is 5.40. The molecule has 0 bridgehead atoms. The molecule has 0 aromatic carbocycles. The number of aryl methyl sites for hydroxylation is 2. The van der Waals surface area contributed by atoms with Gasteiger partial charge in [-0.2, -0.15) is 5.10 Å². The third kappa shape index (κ3) is 3.15. The molecule has 5 nitrogen and oxygen atoms in total. The van der Waals surface area contributed by atoms with Gasteiger partial charge in [0, 0.05) is 32.3 Å². The molecule has 1 aromatic heterocycles. The van der Waals surface area contributed by atoms with E-state index in [0.29, 0.717) is 32.4 Å². The van der Waals surface area contributed by atoms with Gasteiger partial charge in [0.05, 0.1) is 11.8 Å². The van der Waals surface area contributed by atoms with Crippen LogP contribution in [0.5, 0.6) is 0 Å². The normalized spacial score (nSPS) is 16.9. The largest absolute Gasteiger partial charge is 0.393 e. The van der Waals surface area contributed by atoms with E-state index >= 15 is 0 Å². The van der Waals surface area contributed by atoms with E-state index < -0.39 is 0 Å². The number of likely N-dealkylation sites (tertiary alicyclic amines) is 1. The van der Waals surface area contributed by atoms with Crippen LogP contribution in [0.3, 0.4) is 0 Å². The Morgan fingerprint density at radius 2 is 2.00 bits per heavy atom. The predicted octanol–water partition coefficient (Wildman–Crippen LogP) is 0.953. The smallest absolute Gasteiger partial charge is 0.222 e. The van der Waals surface area contributed by atoms with E-state index in [0.717, 1.165) is 17.8 Å². The summed E-state index contributed by atoms with van der Waals surface area (Å²) in [6, 6.07) is 0. The number of nitrogens with zero attached hydrogens (tertiary/aromatic N) is 3. The van der Waals surface area contributed by atoms with Crippen molar-refractivity contribution in [2.75, 3.05) is 13.1 Å². The Bertz CT molecular complexity index is 460. The van der Waals surface area contributed by atoms with Gasteiger partial charge in [-0.3, -0.25) is 9.48 Å². The minimum Gasteiger partial charge on any atom is -0.393 e. The summed E-state index contributed by atoms with van der Waals surface area (Å²) in [4.78, 5) is 14.0. The Balaban J connectivity index is 1.90. The van der Waals surface area contributed by atoms with Crippen molar-refractivity contribution in [3.05, 3.63) is 17.0 Å². The van der Waals surface area contributed by atoms with Crippen molar-refractivity contribution < 1.29 is 9.90 Å². The highest BCUT2D eigenvalue weighted by Gasteiger charge is 2.21. The van der Waals surface area contributed by atoms with Gasteiger partial charge in [-0.15, -0.1) is 0 Å². The SMILES string of the molecule is Cc1nn(C)c(C)c1CCC(=O)N1CCC(O)CC1. The standard InChI is InChI=1S/C14H23N3O2/c1-10-13(11(2)16(3)15-10)4-5-14(19)17-8-6-12(18)7-9-17/h12,18H,4-9H2,1-3H3. The maximum Gasteiger partial charge on any atom is 0.222 e. The second-order valence-electron chi connectivity index (χ2n) is 5.38. The molecule has 0 atom stereocenters. The molecular formula is C14H23N3O2. The molecule has 0 saturated carbocycles. The van der Waals surface area contributed by atoms with E-state index in [1.165, 1.54) is 5.56 Å². The molecule has 106 valence electrons. The van der Waals surface area contributed by atoms with Crippen LogP contribution in [-0.2, 0) is 18.3 Å². The topological polar surface area (TPSA) is 58.4 Å². The van der Waals surface area contributed by atoms with Gasteiger partial charge < -0.3 is 10.0 Å². The molecule has 0 radical (unpaired) electrons. The third-order valence-electron chi connectivity index (χ3n) is 4.06. The zero-order chi connectivity index (χ0) is 14.0. The fraction of sp³-hybridized carbons (Fsp3) is 0.714. The quantitative estimate of drug-likeness (QED) is 0.885. The average Bonchev–Trinajstić information content (AvgIpc) is 2.62. The maximum absolute atomic E-state index is 12.1. The van der Waals surface area contributed by atoms with E-state index in [2.05, 4.69) is 5.10 Å². The first kappa shape index (κ1) is 14.1. The summed E-state index contributed by atoms with van der Waals surface area (Å²) in [6.07, 6.45) is 2.46. The summed E-state index contributed by atoms with van der Waals surface area (Å²) in [5.41, 5.74) is 3.34. The lowest BCUT2D eigenvalue weighted by molar-refractivity contribution is -0.133. The van der Waals surface area contributed by atoms with Crippen LogP contribution in [0.4, 0.5) is 0 Å². The highest BCUT2D eigenvalue weighted by molar-refractivity contribution is 5.76. The molecule has 0 unspecified atom stereocenters. The van der Waals surface area contributed by atoms with Gasteiger partial charge >= 0.3 is 0 Å². The highest BCUT2D eigenvalue weighted by Crippen LogP contribution is 2.16. The van der Waals surface area contributed by atoms with E-state index in [1.807, 2.05) is 30.5 Å². The summed E-state index contributed by atoms with van der Waals surface area (Å²) in [7, 11) is 1.93. The van der Waals surface area contributed by atoms with Crippen molar-refractivity contribution in [3.8, 4) is 0 Å². The molecule has 1 aromatic rings. The Morgan fingerprint density at radius 3 is 2.53 bits per heavy atom. The fourth-order valence-corrected chi connectivity index (χ4v) is 2.68. The number of hydrogen-bond acceptors (Lipinski definition) is 3. The number of aliphatic hydroxyl groups is 1. The van der Waals surface area contributed by atoms with E-state index in [9.17, 15) is 9.90 Å². The minimum atomic E-state index is -0.230. The molecular weight excluding hydrogens is 242 g/mol. The molecule has 2 heterocycles.